The Balaban J connectivity index is 2.95. The fourth-order valence-electron chi connectivity index (χ4n) is 1.09. The minimum absolute atomic E-state index is 0.0606. The molecule has 1 aromatic heterocycles. The normalized spacial score (nSPS) is 10.3. The number of aliphatic hydroxyl groups is 1. The third kappa shape index (κ3) is 3.53. The molecule has 15 heavy (non-hydrogen) atoms. The molecule has 82 valence electrons. The predicted molar refractivity (Wildman–Crippen MR) is 58.4 cm³/mol. The van der Waals surface area contributed by atoms with E-state index in [-0.39, 0.29) is 12.2 Å². The van der Waals surface area contributed by atoms with Crippen LogP contribution < -0.4 is 0 Å². The number of carbonyl (C=O) groups is 1. The van der Waals surface area contributed by atoms with Crippen molar-refractivity contribution >= 4 is 17.7 Å². The van der Waals surface area contributed by atoms with Gasteiger partial charge >= 0.3 is 5.97 Å². The number of nitrogens with zero attached hydrogens (tertiary/aromatic N) is 1. The van der Waals surface area contributed by atoms with Crippen LogP contribution in [0.25, 0.3) is 0 Å². The summed E-state index contributed by atoms with van der Waals surface area (Å²) in [5.41, 5.74) is 1.01. The molecule has 0 saturated carbocycles. The number of hydrogen-bond acceptors (Lipinski definition) is 4. The minimum atomic E-state index is -0.946. The van der Waals surface area contributed by atoms with Crippen LogP contribution in [-0.4, -0.2) is 33.5 Å². The molecule has 2 N–H and O–H groups in total. The van der Waals surface area contributed by atoms with Crippen molar-refractivity contribution in [2.45, 2.75) is 18.4 Å². The van der Waals surface area contributed by atoms with E-state index in [1.165, 1.54) is 17.8 Å². The molecule has 0 aliphatic rings. The molecule has 1 heterocycles. The standard InChI is InChI=1S/C10H13NO3S/c1-2-8-5-7(10(13)14)6-9(11-8)15-4-3-12/h5-6,12H,2-4H2,1H3,(H,13,14). The Morgan fingerprint density at radius 1 is 1.53 bits per heavy atom. The van der Waals surface area contributed by atoms with Gasteiger partial charge in [-0.3, -0.25) is 0 Å². The van der Waals surface area contributed by atoms with Gasteiger partial charge in [0.2, 0.25) is 0 Å². The number of aryl methyl sites for hydroxylation is 1. The van der Waals surface area contributed by atoms with Gasteiger partial charge in [-0.2, -0.15) is 0 Å². The summed E-state index contributed by atoms with van der Waals surface area (Å²) < 4.78 is 0. The zero-order chi connectivity index (χ0) is 11.3. The highest BCUT2D eigenvalue weighted by molar-refractivity contribution is 7.99. The summed E-state index contributed by atoms with van der Waals surface area (Å²) in [4.78, 5) is 15.1. The maximum Gasteiger partial charge on any atom is 0.335 e. The van der Waals surface area contributed by atoms with Crippen LogP contribution in [0.15, 0.2) is 17.2 Å². The number of aromatic carboxylic acids is 1. The molecule has 0 aliphatic heterocycles. The zero-order valence-corrected chi connectivity index (χ0v) is 9.25. The smallest absolute Gasteiger partial charge is 0.335 e. The highest BCUT2D eigenvalue weighted by Crippen LogP contribution is 2.18. The maximum atomic E-state index is 10.8. The third-order valence-corrected chi connectivity index (χ3v) is 2.70. The SMILES string of the molecule is CCc1cc(C(=O)O)cc(SCCO)n1. The second-order valence-electron chi connectivity index (χ2n) is 2.92. The van der Waals surface area contributed by atoms with Crippen molar-refractivity contribution in [2.24, 2.45) is 0 Å². The molecule has 0 aliphatic carbocycles. The van der Waals surface area contributed by atoms with Crippen LogP contribution in [0.5, 0.6) is 0 Å². The van der Waals surface area contributed by atoms with E-state index >= 15 is 0 Å². The van der Waals surface area contributed by atoms with E-state index in [4.69, 9.17) is 10.2 Å². The molecular weight excluding hydrogens is 214 g/mol. The number of rotatable bonds is 5. The Morgan fingerprint density at radius 3 is 2.80 bits per heavy atom. The van der Waals surface area contributed by atoms with Crippen molar-refractivity contribution in [1.82, 2.24) is 4.98 Å². The number of hydrogen-bond donors (Lipinski definition) is 2. The molecule has 0 atom stereocenters. The average Bonchev–Trinajstić information content (AvgIpc) is 2.25. The fourth-order valence-corrected chi connectivity index (χ4v) is 1.78. The van der Waals surface area contributed by atoms with Crippen LogP contribution in [0, 0.1) is 0 Å². The highest BCUT2D eigenvalue weighted by Gasteiger charge is 2.07. The second kappa shape index (κ2) is 5.72. The van der Waals surface area contributed by atoms with Gasteiger partial charge in [-0.15, -0.1) is 11.8 Å². The molecule has 1 aromatic rings. The largest absolute Gasteiger partial charge is 0.478 e. The Morgan fingerprint density at radius 2 is 2.27 bits per heavy atom. The number of aromatic nitrogens is 1. The maximum absolute atomic E-state index is 10.8. The Hall–Kier alpha value is -1.07. The minimum Gasteiger partial charge on any atom is -0.478 e. The lowest BCUT2D eigenvalue weighted by Crippen LogP contribution is -2.01. The quantitative estimate of drug-likeness (QED) is 0.744. The topological polar surface area (TPSA) is 70.4 Å². The van der Waals surface area contributed by atoms with Gasteiger partial charge in [0, 0.05) is 11.4 Å². The van der Waals surface area contributed by atoms with Crippen LogP contribution in [0.1, 0.15) is 23.0 Å². The van der Waals surface area contributed by atoms with E-state index in [0.29, 0.717) is 17.2 Å². The molecule has 0 radical (unpaired) electrons. The van der Waals surface area contributed by atoms with Gasteiger partial charge in [0.15, 0.2) is 0 Å². The molecule has 0 unspecified atom stereocenters. The number of aliphatic hydroxyl groups excluding tert-OH is 1. The average molecular weight is 227 g/mol. The first kappa shape index (κ1) is 12.0. The van der Waals surface area contributed by atoms with Gasteiger partial charge in [-0.05, 0) is 18.6 Å². The Labute approximate surface area is 92.3 Å². The highest BCUT2D eigenvalue weighted by atomic mass is 32.2. The third-order valence-electron chi connectivity index (χ3n) is 1.81. The molecule has 0 aromatic carbocycles. The Bertz CT molecular complexity index is 355. The molecule has 0 spiro atoms. The van der Waals surface area contributed by atoms with Crippen molar-refractivity contribution in [1.29, 1.82) is 0 Å². The van der Waals surface area contributed by atoms with Crippen molar-refractivity contribution < 1.29 is 15.0 Å². The van der Waals surface area contributed by atoms with Gasteiger partial charge in [0.25, 0.3) is 0 Å². The molecule has 5 heteroatoms. The Kier molecular flexibility index (Phi) is 4.58. The first-order valence-corrected chi connectivity index (χ1v) is 5.63. The van der Waals surface area contributed by atoms with Crippen LogP contribution >= 0.6 is 11.8 Å². The number of carboxylic acids is 1. The van der Waals surface area contributed by atoms with Crippen molar-refractivity contribution in [3.63, 3.8) is 0 Å². The van der Waals surface area contributed by atoms with Crippen molar-refractivity contribution in [2.75, 3.05) is 12.4 Å². The van der Waals surface area contributed by atoms with Gasteiger partial charge in [0.1, 0.15) is 0 Å². The lowest BCUT2D eigenvalue weighted by molar-refractivity contribution is 0.0696. The zero-order valence-electron chi connectivity index (χ0n) is 8.43. The molecule has 0 saturated heterocycles. The molecular formula is C10H13NO3S. The number of carboxylic acid groups (broad SMARTS) is 1. The molecule has 0 bridgehead atoms. The molecule has 0 fully saturated rings. The summed E-state index contributed by atoms with van der Waals surface area (Å²) >= 11 is 1.36. The summed E-state index contributed by atoms with van der Waals surface area (Å²) in [5.74, 6) is -0.419. The summed E-state index contributed by atoms with van der Waals surface area (Å²) in [6.45, 7) is 1.99. The number of pyridine rings is 1. The number of thioether (sulfide) groups is 1. The molecule has 4 nitrogen and oxygen atoms in total. The summed E-state index contributed by atoms with van der Waals surface area (Å²) in [7, 11) is 0. The monoisotopic (exact) mass is 227 g/mol. The van der Waals surface area contributed by atoms with Gasteiger partial charge < -0.3 is 10.2 Å². The summed E-state index contributed by atoms with van der Waals surface area (Å²) in [5, 5.41) is 18.2. The van der Waals surface area contributed by atoms with Crippen LogP contribution in [0.3, 0.4) is 0 Å². The lowest BCUT2D eigenvalue weighted by Gasteiger charge is -2.04. The van der Waals surface area contributed by atoms with E-state index < -0.39 is 5.97 Å². The van der Waals surface area contributed by atoms with Crippen LogP contribution in [0.4, 0.5) is 0 Å². The van der Waals surface area contributed by atoms with Crippen LogP contribution in [0.2, 0.25) is 0 Å². The van der Waals surface area contributed by atoms with E-state index in [0.717, 1.165) is 5.69 Å². The summed E-state index contributed by atoms with van der Waals surface area (Å²) in [6, 6.07) is 3.10. The van der Waals surface area contributed by atoms with E-state index in [1.807, 2.05) is 6.92 Å². The summed E-state index contributed by atoms with van der Waals surface area (Å²) in [6.07, 6.45) is 0.702. The van der Waals surface area contributed by atoms with Gasteiger partial charge in [0.05, 0.1) is 17.2 Å². The van der Waals surface area contributed by atoms with E-state index in [9.17, 15) is 4.79 Å². The van der Waals surface area contributed by atoms with E-state index in [1.54, 1.807) is 6.07 Å². The van der Waals surface area contributed by atoms with Crippen molar-refractivity contribution in [3.8, 4) is 0 Å². The van der Waals surface area contributed by atoms with Crippen molar-refractivity contribution in [3.05, 3.63) is 23.4 Å². The van der Waals surface area contributed by atoms with Gasteiger partial charge in [-0.1, -0.05) is 6.92 Å². The van der Waals surface area contributed by atoms with E-state index in [2.05, 4.69) is 4.98 Å². The first-order chi connectivity index (χ1) is 7.17. The first-order valence-electron chi connectivity index (χ1n) is 4.65. The fraction of sp³-hybridized carbons (Fsp3) is 0.400. The van der Waals surface area contributed by atoms with Gasteiger partial charge in [-0.25, -0.2) is 9.78 Å². The molecule has 1 rings (SSSR count). The second-order valence-corrected chi connectivity index (χ2v) is 4.03. The molecule has 0 amide bonds. The van der Waals surface area contributed by atoms with Crippen LogP contribution in [-0.2, 0) is 6.42 Å². The predicted octanol–water partition coefficient (Wildman–Crippen LogP) is 1.43. The lowest BCUT2D eigenvalue weighted by atomic mass is 10.2.